The van der Waals surface area contributed by atoms with E-state index in [0.29, 0.717) is 32.9 Å². The maximum absolute atomic E-state index is 12.6. The lowest BCUT2D eigenvalue weighted by Crippen LogP contribution is -2.26. The number of hydroxylamine groups is 1. The summed E-state index contributed by atoms with van der Waals surface area (Å²) < 4.78 is 1.74. The van der Waals surface area contributed by atoms with Gasteiger partial charge in [0.1, 0.15) is 13.4 Å². The normalized spacial score (nSPS) is 11.0. The summed E-state index contributed by atoms with van der Waals surface area (Å²) in [6.07, 6.45) is 1.60. The summed E-state index contributed by atoms with van der Waals surface area (Å²) in [5.74, 6) is -0.539. The predicted molar refractivity (Wildman–Crippen MR) is 106 cm³/mol. The highest BCUT2D eigenvalue weighted by atomic mass is 35.5. The molecule has 1 heterocycles. The minimum atomic E-state index is -0.539. The van der Waals surface area contributed by atoms with Crippen molar-refractivity contribution in [3.63, 3.8) is 0 Å². The molecule has 0 aliphatic heterocycles. The highest BCUT2D eigenvalue weighted by Gasteiger charge is 2.21. The van der Waals surface area contributed by atoms with Crippen molar-refractivity contribution in [1.82, 2.24) is 15.0 Å². The molecule has 2 aromatic carbocycles. The summed E-state index contributed by atoms with van der Waals surface area (Å²) >= 11 is 12.8. The third-order valence-corrected chi connectivity index (χ3v) is 4.50. The Hall–Kier alpha value is -2.26. The molecule has 3 aromatic rings. The number of aliphatic hydroxyl groups excluding tert-OH is 1. The van der Waals surface area contributed by atoms with Crippen LogP contribution in [0.1, 0.15) is 10.4 Å². The number of carbonyl (C=O) groups is 1. The van der Waals surface area contributed by atoms with Crippen LogP contribution in [0.4, 0.5) is 11.4 Å². The Morgan fingerprint density at radius 2 is 2.15 bits per heavy atom. The minimum Gasteiger partial charge on any atom is -0.394 e. The minimum absolute atomic E-state index is 0.0417. The fraction of sp³-hybridized carbons (Fsp3) is 0.176. The van der Waals surface area contributed by atoms with Crippen LogP contribution in [-0.4, -0.2) is 41.6 Å². The lowest BCUT2D eigenvalue weighted by Gasteiger charge is -2.16. The molecule has 0 saturated carbocycles. The maximum Gasteiger partial charge on any atom is 0.277 e. The second-order valence-electron chi connectivity index (χ2n) is 5.70. The summed E-state index contributed by atoms with van der Waals surface area (Å²) in [5, 5.41) is 12.5. The number of amides is 1. The van der Waals surface area contributed by atoms with Gasteiger partial charge in [0.25, 0.3) is 5.91 Å². The van der Waals surface area contributed by atoms with E-state index < -0.39 is 5.91 Å². The van der Waals surface area contributed by atoms with Gasteiger partial charge >= 0.3 is 0 Å². The Bertz CT molecular complexity index is 1010. The molecule has 138 valence electrons. The molecule has 2 radical (unpaired) electrons. The van der Waals surface area contributed by atoms with Gasteiger partial charge in [0.2, 0.25) is 0 Å². The molecule has 0 fully saturated rings. The summed E-state index contributed by atoms with van der Waals surface area (Å²) in [7, 11) is 7.51. The van der Waals surface area contributed by atoms with Crippen molar-refractivity contribution in [2.75, 3.05) is 18.5 Å². The molecule has 3 rings (SSSR count). The topological polar surface area (TPSA) is 88.4 Å². The SMILES string of the molecule is [B]c1ccc(Nc2c(C(=O)NOCCO)cc3c(ncn3C)c2Cl)c(Cl)c1. The van der Waals surface area contributed by atoms with Gasteiger partial charge in [-0.05, 0) is 18.2 Å². The highest BCUT2D eigenvalue weighted by Crippen LogP contribution is 2.37. The molecule has 0 aliphatic rings. The van der Waals surface area contributed by atoms with Gasteiger partial charge < -0.3 is 15.0 Å². The van der Waals surface area contributed by atoms with E-state index >= 15 is 0 Å². The van der Waals surface area contributed by atoms with E-state index in [1.807, 2.05) is 0 Å². The van der Waals surface area contributed by atoms with E-state index in [1.54, 1.807) is 42.2 Å². The molecule has 3 N–H and O–H groups in total. The number of imidazole rings is 1. The molecular formula is C17H15BCl2N4O3. The number of rotatable bonds is 6. The quantitative estimate of drug-likeness (QED) is 0.332. The zero-order valence-corrected chi connectivity index (χ0v) is 15.8. The number of aliphatic hydroxyl groups is 1. The molecular weight excluding hydrogens is 390 g/mol. The van der Waals surface area contributed by atoms with Gasteiger partial charge in [0.05, 0.1) is 52.0 Å². The van der Waals surface area contributed by atoms with E-state index in [9.17, 15) is 4.79 Å². The molecule has 0 aliphatic carbocycles. The first-order valence-electron chi connectivity index (χ1n) is 7.91. The molecule has 0 saturated heterocycles. The lowest BCUT2D eigenvalue weighted by molar-refractivity contribution is 0.0169. The van der Waals surface area contributed by atoms with E-state index in [0.717, 1.165) is 0 Å². The van der Waals surface area contributed by atoms with Crippen molar-refractivity contribution < 1.29 is 14.7 Å². The molecule has 0 spiro atoms. The number of aryl methyl sites for hydroxylation is 1. The van der Waals surface area contributed by atoms with Crippen molar-refractivity contribution in [2.45, 2.75) is 0 Å². The van der Waals surface area contributed by atoms with E-state index in [-0.39, 0.29) is 23.8 Å². The zero-order valence-electron chi connectivity index (χ0n) is 14.3. The Balaban J connectivity index is 2.09. The van der Waals surface area contributed by atoms with Crippen LogP contribution in [-0.2, 0) is 11.9 Å². The first-order valence-corrected chi connectivity index (χ1v) is 8.66. The van der Waals surface area contributed by atoms with Crippen LogP contribution >= 0.6 is 23.2 Å². The Labute approximate surface area is 166 Å². The van der Waals surface area contributed by atoms with Crippen LogP contribution in [0.2, 0.25) is 10.0 Å². The van der Waals surface area contributed by atoms with Gasteiger partial charge in [-0.25, -0.2) is 10.5 Å². The van der Waals surface area contributed by atoms with Crippen molar-refractivity contribution in [1.29, 1.82) is 0 Å². The summed E-state index contributed by atoms with van der Waals surface area (Å²) in [5.41, 5.74) is 5.04. The Kier molecular flexibility index (Phi) is 5.91. The number of benzene rings is 2. The summed E-state index contributed by atoms with van der Waals surface area (Å²) in [6, 6.07) is 6.58. The van der Waals surface area contributed by atoms with Crippen LogP contribution in [0.25, 0.3) is 11.0 Å². The molecule has 27 heavy (non-hydrogen) atoms. The number of nitrogens with one attached hydrogen (secondary N) is 2. The molecule has 7 nitrogen and oxygen atoms in total. The smallest absolute Gasteiger partial charge is 0.277 e. The van der Waals surface area contributed by atoms with Crippen LogP contribution < -0.4 is 16.3 Å². The average molecular weight is 405 g/mol. The van der Waals surface area contributed by atoms with Gasteiger partial charge in [-0.1, -0.05) is 34.7 Å². The third-order valence-electron chi connectivity index (χ3n) is 3.82. The molecule has 0 bridgehead atoms. The summed E-state index contributed by atoms with van der Waals surface area (Å²) in [4.78, 5) is 21.8. The molecule has 1 amide bonds. The molecule has 0 unspecified atom stereocenters. The van der Waals surface area contributed by atoms with Crippen LogP contribution in [0.5, 0.6) is 0 Å². The molecule has 1 aromatic heterocycles. The molecule has 10 heteroatoms. The highest BCUT2D eigenvalue weighted by molar-refractivity contribution is 6.40. The fourth-order valence-corrected chi connectivity index (χ4v) is 3.04. The predicted octanol–water partition coefficient (Wildman–Crippen LogP) is 2.07. The Morgan fingerprint density at radius 1 is 1.37 bits per heavy atom. The van der Waals surface area contributed by atoms with Gasteiger partial charge in [-0.2, -0.15) is 0 Å². The van der Waals surface area contributed by atoms with Gasteiger partial charge in [-0.15, -0.1) is 0 Å². The third kappa shape index (κ3) is 4.04. The van der Waals surface area contributed by atoms with Gasteiger partial charge in [0.15, 0.2) is 0 Å². The molecule has 0 atom stereocenters. The van der Waals surface area contributed by atoms with Crippen molar-refractivity contribution in [3.8, 4) is 0 Å². The number of nitrogens with zero attached hydrogens (tertiary/aromatic N) is 2. The maximum atomic E-state index is 12.6. The van der Waals surface area contributed by atoms with Crippen molar-refractivity contribution >= 4 is 64.8 Å². The monoisotopic (exact) mass is 404 g/mol. The second-order valence-corrected chi connectivity index (χ2v) is 6.49. The van der Waals surface area contributed by atoms with Crippen molar-refractivity contribution in [3.05, 3.63) is 46.2 Å². The number of hydrogen-bond acceptors (Lipinski definition) is 5. The number of halogens is 2. The number of carbonyl (C=O) groups excluding carboxylic acids is 1. The standard InChI is InChI=1S/C17H15BCl2N4O3/c1-24-8-21-16-13(24)7-10(17(26)23-27-5-4-25)15(14(16)20)22-12-3-2-9(18)6-11(12)19/h2-3,6-8,22,25H,4-5H2,1H3,(H,23,26). The van der Waals surface area contributed by atoms with Crippen LogP contribution in [0, 0.1) is 0 Å². The fourth-order valence-electron chi connectivity index (χ4n) is 2.51. The van der Waals surface area contributed by atoms with Gasteiger partial charge in [-0.3, -0.25) is 9.63 Å². The first kappa shape index (κ1) is 19.5. The first-order chi connectivity index (χ1) is 12.9. The largest absolute Gasteiger partial charge is 0.394 e. The lowest BCUT2D eigenvalue weighted by atomic mass is 9.96. The number of aromatic nitrogens is 2. The van der Waals surface area contributed by atoms with Crippen molar-refractivity contribution in [2.24, 2.45) is 7.05 Å². The number of fused-ring (bicyclic) bond motifs is 1. The number of anilines is 2. The number of hydrogen-bond donors (Lipinski definition) is 3. The average Bonchev–Trinajstić information content (AvgIpc) is 3.00. The van der Waals surface area contributed by atoms with Crippen LogP contribution in [0.15, 0.2) is 30.6 Å². The van der Waals surface area contributed by atoms with E-state index in [4.69, 9.17) is 41.0 Å². The van der Waals surface area contributed by atoms with E-state index in [1.165, 1.54) is 0 Å². The van der Waals surface area contributed by atoms with E-state index in [2.05, 4.69) is 15.8 Å². The van der Waals surface area contributed by atoms with Gasteiger partial charge in [0, 0.05) is 7.05 Å². The Morgan fingerprint density at radius 3 is 2.85 bits per heavy atom. The summed E-state index contributed by atoms with van der Waals surface area (Å²) in [6.45, 7) is -0.270. The van der Waals surface area contributed by atoms with Crippen LogP contribution in [0.3, 0.4) is 0 Å². The zero-order chi connectivity index (χ0) is 19.6. The second kappa shape index (κ2) is 8.18.